The molecular formula is C22H24N2O4. The second-order valence-electron chi connectivity index (χ2n) is 9.30. The lowest BCUT2D eigenvalue weighted by Gasteiger charge is -2.58. The molecule has 1 aromatic rings. The number of carbonyl (C=O) groups excluding carboxylic acids is 1. The molecule has 6 atom stereocenters. The summed E-state index contributed by atoms with van der Waals surface area (Å²) in [4.78, 5) is 18.0. The van der Waals surface area contributed by atoms with Crippen LogP contribution >= 0.6 is 0 Å². The van der Waals surface area contributed by atoms with Gasteiger partial charge in [-0.3, -0.25) is 9.69 Å². The monoisotopic (exact) mass is 380 g/mol. The Labute approximate surface area is 163 Å². The van der Waals surface area contributed by atoms with Gasteiger partial charge in [-0.1, -0.05) is 11.6 Å². The molecule has 1 aromatic carbocycles. The number of phenolic OH excluding ortho intramolecular Hbond substituents is 1. The lowest BCUT2D eigenvalue weighted by atomic mass is 9.53. The summed E-state index contributed by atoms with van der Waals surface area (Å²) in [6, 6.07) is 4.33. The third-order valence-electron chi connectivity index (χ3n) is 8.61. The van der Waals surface area contributed by atoms with Gasteiger partial charge in [0.25, 0.3) is 0 Å². The number of methoxy groups -OCH3 is 1. The van der Waals surface area contributed by atoms with Crippen molar-refractivity contribution >= 4 is 11.6 Å². The summed E-state index contributed by atoms with van der Waals surface area (Å²) in [7, 11) is 1.57. The highest BCUT2D eigenvalue weighted by atomic mass is 16.5. The van der Waals surface area contributed by atoms with Gasteiger partial charge in [-0.15, -0.1) is 0 Å². The van der Waals surface area contributed by atoms with Gasteiger partial charge in [0.1, 0.15) is 0 Å². The van der Waals surface area contributed by atoms with Gasteiger partial charge in [0.05, 0.1) is 38.0 Å². The largest absolute Gasteiger partial charge is 0.504 e. The molecule has 4 fully saturated rings. The predicted octanol–water partition coefficient (Wildman–Crippen LogP) is 1.81. The van der Waals surface area contributed by atoms with E-state index in [-0.39, 0.29) is 29.2 Å². The van der Waals surface area contributed by atoms with Crippen molar-refractivity contribution in [3.05, 3.63) is 29.3 Å². The fourth-order valence-electron chi connectivity index (χ4n) is 7.72. The molecule has 7 rings (SSSR count). The number of nitrogens with zero attached hydrogens (tertiary/aromatic N) is 2. The maximum atomic E-state index is 13.4. The Morgan fingerprint density at radius 3 is 3.11 bits per heavy atom. The molecular weight excluding hydrogens is 356 g/mol. The van der Waals surface area contributed by atoms with Crippen LogP contribution in [-0.2, 0) is 14.9 Å². The predicted molar refractivity (Wildman–Crippen MR) is 102 cm³/mol. The van der Waals surface area contributed by atoms with E-state index in [4.69, 9.17) is 9.47 Å². The minimum Gasteiger partial charge on any atom is -0.504 e. The van der Waals surface area contributed by atoms with Gasteiger partial charge in [-0.2, -0.15) is 0 Å². The van der Waals surface area contributed by atoms with Crippen molar-refractivity contribution in [3.8, 4) is 11.5 Å². The van der Waals surface area contributed by atoms with Gasteiger partial charge >= 0.3 is 0 Å². The maximum Gasteiger partial charge on any atom is 0.229 e. The molecule has 28 heavy (non-hydrogen) atoms. The van der Waals surface area contributed by atoms with Gasteiger partial charge in [-0.05, 0) is 36.9 Å². The van der Waals surface area contributed by atoms with Crippen LogP contribution in [0, 0.1) is 11.8 Å². The molecule has 2 bridgehead atoms. The van der Waals surface area contributed by atoms with Crippen molar-refractivity contribution in [2.45, 2.75) is 42.9 Å². The van der Waals surface area contributed by atoms with Crippen molar-refractivity contribution in [1.82, 2.24) is 4.90 Å². The van der Waals surface area contributed by atoms with Crippen LogP contribution in [0.25, 0.3) is 0 Å². The zero-order valence-corrected chi connectivity index (χ0v) is 15.9. The topological polar surface area (TPSA) is 62.2 Å². The molecule has 1 spiro atoms. The molecule has 6 nitrogen and oxygen atoms in total. The van der Waals surface area contributed by atoms with Gasteiger partial charge in [0.15, 0.2) is 11.5 Å². The fourth-order valence-corrected chi connectivity index (χ4v) is 7.72. The minimum absolute atomic E-state index is 0.00211. The zero-order chi connectivity index (χ0) is 18.8. The van der Waals surface area contributed by atoms with E-state index in [1.807, 2.05) is 12.1 Å². The Balaban J connectivity index is 1.53. The Hall–Kier alpha value is -2.05. The number of phenols is 1. The summed E-state index contributed by atoms with van der Waals surface area (Å²) in [6.45, 7) is 2.71. The lowest BCUT2D eigenvalue weighted by Crippen LogP contribution is -2.69. The molecule has 1 N–H and O–H groups in total. The smallest absolute Gasteiger partial charge is 0.229 e. The van der Waals surface area contributed by atoms with Crippen LogP contribution in [-0.4, -0.2) is 60.9 Å². The van der Waals surface area contributed by atoms with Crippen molar-refractivity contribution in [1.29, 1.82) is 0 Å². The van der Waals surface area contributed by atoms with Crippen LogP contribution in [0.4, 0.5) is 5.69 Å². The summed E-state index contributed by atoms with van der Waals surface area (Å²) in [6.07, 6.45) is 4.92. The van der Waals surface area contributed by atoms with Gasteiger partial charge < -0.3 is 19.5 Å². The lowest BCUT2D eigenvalue weighted by molar-refractivity contribution is -0.132. The molecule has 0 aromatic heterocycles. The van der Waals surface area contributed by atoms with Gasteiger partial charge in [-0.25, -0.2) is 0 Å². The van der Waals surface area contributed by atoms with E-state index in [1.54, 1.807) is 7.11 Å². The fraction of sp³-hybridized carbons (Fsp3) is 0.591. The van der Waals surface area contributed by atoms with Crippen LogP contribution in [0.5, 0.6) is 11.5 Å². The minimum atomic E-state index is -0.103. The number of carbonyl (C=O) groups is 1. The second kappa shape index (κ2) is 4.92. The average Bonchev–Trinajstić information content (AvgIpc) is 3.14. The van der Waals surface area contributed by atoms with Crippen molar-refractivity contribution in [2.24, 2.45) is 11.8 Å². The summed E-state index contributed by atoms with van der Waals surface area (Å²) in [5, 5.41) is 10.6. The summed E-state index contributed by atoms with van der Waals surface area (Å²) in [5.41, 5.74) is 3.51. The molecule has 0 unspecified atom stereocenters. The number of ether oxygens (including phenoxy) is 2. The molecule has 1 saturated carbocycles. The van der Waals surface area contributed by atoms with Gasteiger partial charge in [0, 0.05) is 30.0 Å². The first-order chi connectivity index (χ1) is 13.6. The van der Waals surface area contributed by atoms with Gasteiger partial charge in [0.2, 0.25) is 5.91 Å². The first-order valence-electron chi connectivity index (χ1n) is 10.4. The van der Waals surface area contributed by atoms with Crippen LogP contribution in [0.15, 0.2) is 23.8 Å². The zero-order valence-electron chi connectivity index (χ0n) is 15.9. The third-order valence-corrected chi connectivity index (χ3v) is 8.61. The number of fused-ring (bicyclic) bond motifs is 2. The van der Waals surface area contributed by atoms with Crippen molar-refractivity contribution < 1.29 is 19.4 Å². The second-order valence-corrected chi connectivity index (χ2v) is 9.30. The number of amides is 1. The number of anilines is 1. The van der Waals surface area contributed by atoms with Crippen LogP contribution in [0.3, 0.4) is 0 Å². The van der Waals surface area contributed by atoms with Crippen LogP contribution in [0.1, 0.15) is 24.8 Å². The summed E-state index contributed by atoms with van der Waals surface area (Å²) >= 11 is 0. The highest BCUT2D eigenvalue weighted by Gasteiger charge is 2.71. The van der Waals surface area contributed by atoms with Crippen molar-refractivity contribution in [3.63, 3.8) is 0 Å². The van der Waals surface area contributed by atoms with Crippen molar-refractivity contribution in [2.75, 3.05) is 31.7 Å². The van der Waals surface area contributed by atoms with E-state index in [0.29, 0.717) is 36.7 Å². The quantitative estimate of drug-likeness (QED) is 0.753. The van der Waals surface area contributed by atoms with E-state index in [1.165, 1.54) is 5.57 Å². The summed E-state index contributed by atoms with van der Waals surface area (Å²) in [5.74, 6) is 1.61. The molecule has 0 radical (unpaired) electrons. The third kappa shape index (κ3) is 1.56. The normalized spacial score (nSPS) is 42.2. The first kappa shape index (κ1) is 15.8. The molecule has 1 aliphatic carbocycles. The van der Waals surface area contributed by atoms with E-state index >= 15 is 0 Å². The SMILES string of the molecule is COc1cc2c(cc1O)[C@@]13CCN4CC5=CCO[C@H]6CC(=O)N2[C@H]1[C@H]6[C@@H]5C[C@H]43. The molecule has 5 heterocycles. The molecule has 6 heteroatoms. The maximum absolute atomic E-state index is 13.4. The van der Waals surface area contributed by atoms with E-state index < -0.39 is 0 Å². The molecule has 1 amide bonds. The Morgan fingerprint density at radius 1 is 1.36 bits per heavy atom. The molecule has 3 saturated heterocycles. The highest BCUT2D eigenvalue weighted by Crippen LogP contribution is 2.66. The Morgan fingerprint density at radius 2 is 2.25 bits per heavy atom. The Kier molecular flexibility index (Phi) is 2.78. The molecule has 5 aliphatic heterocycles. The van der Waals surface area contributed by atoms with Crippen LogP contribution in [0.2, 0.25) is 0 Å². The van der Waals surface area contributed by atoms with Crippen LogP contribution < -0.4 is 9.64 Å². The van der Waals surface area contributed by atoms with E-state index in [2.05, 4.69) is 15.9 Å². The molecule has 146 valence electrons. The number of aromatic hydroxyl groups is 1. The molecule has 6 aliphatic rings. The standard InChI is InChI=1S/C22H24N2O4/c1-27-16-8-14-13(7-15(16)25)22-3-4-23-10-11-2-5-28-17-9-19(26)24(14)21(22)20(17)12(11)6-18(22)23/h2,7-8,12,17-18,20-21,25H,3-6,9-10H2,1H3/t12-,17+,18+,20+,21+,22-/m1/s1. The number of benzene rings is 1. The number of hydrogen-bond acceptors (Lipinski definition) is 5. The highest BCUT2D eigenvalue weighted by molar-refractivity contribution is 5.99. The van der Waals surface area contributed by atoms with E-state index in [0.717, 1.165) is 37.2 Å². The van der Waals surface area contributed by atoms with E-state index in [9.17, 15) is 9.90 Å². The average molecular weight is 380 g/mol. The first-order valence-corrected chi connectivity index (χ1v) is 10.4. The number of hydrogen-bond donors (Lipinski definition) is 1. The Bertz CT molecular complexity index is 958. The summed E-state index contributed by atoms with van der Waals surface area (Å²) < 4.78 is 11.6. The number of rotatable bonds is 1. The number of piperidine rings is 2.